The number of rotatable bonds is 8. The molecular weight excluding hydrogens is 489 g/mol. The molecule has 1 aliphatic rings. The molecule has 11 heteroatoms. The third kappa shape index (κ3) is 5.54. The Morgan fingerprint density at radius 2 is 2.00 bits per heavy atom. The van der Waals surface area contributed by atoms with E-state index in [4.69, 9.17) is 11.6 Å². The summed E-state index contributed by atoms with van der Waals surface area (Å²) in [5.41, 5.74) is 0.695. The van der Waals surface area contributed by atoms with E-state index in [2.05, 4.69) is 20.7 Å². The Hall–Kier alpha value is -3.79. The Morgan fingerprint density at radius 3 is 2.61 bits per heavy atom. The SMILES string of the molecule is CC(=O)N1CCC(CC(Cc2ccc(-c3cc(Cl)ccc3F)cc2)NC(=O)c2cn[nH]n2)(C(=O)O)C1. The number of H-pyrrole nitrogens is 1. The maximum atomic E-state index is 14.3. The average Bonchev–Trinajstić information content (AvgIpc) is 3.53. The fourth-order valence-electron chi connectivity index (χ4n) is 4.61. The van der Waals surface area contributed by atoms with Crippen molar-refractivity contribution in [3.8, 4) is 11.1 Å². The van der Waals surface area contributed by atoms with Crippen LogP contribution < -0.4 is 5.32 Å². The predicted molar refractivity (Wildman–Crippen MR) is 130 cm³/mol. The maximum Gasteiger partial charge on any atom is 0.311 e. The van der Waals surface area contributed by atoms with Crippen molar-refractivity contribution in [2.45, 2.75) is 32.2 Å². The summed E-state index contributed by atoms with van der Waals surface area (Å²) in [5, 5.41) is 23.2. The molecule has 2 aromatic carbocycles. The molecule has 1 fully saturated rings. The topological polar surface area (TPSA) is 128 Å². The summed E-state index contributed by atoms with van der Waals surface area (Å²) in [5.74, 6) is -2.10. The van der Waals surface area contributed by atoms with Crippen LogP contribution in [0, 0.1) is 11.2 Å². The number of aliphatic carboxylic acids is 1. The largest absolute Gasteiger partial charge is 0.481 e. The van der Waals surface area contributed by atoms with E-state index in [1.807, 2.05) is 0 Å². The van der Waals surface area contributed by atoms with Crippen LogP contribution in [-0.2, 0) is 16.0 Å². The molecule has 1 aromatic heterocycles. The molecular formula is C25H25ClFN5O4. The van der Waals surface area contributed by atoms with Gasteiger partial charge in [-0.1, -0.05) is 35.9 Å². The van der Waals surface area contributed by atoms with E-state index in [-0.39, 0.29) is 31.0 Å². The molecule has 2 amide bonds. The van der Waals surface area contributed by atoms with E-state index in [0.29, 0.717) is 29.1 Å². The molecule has 0 spiro atoms. The van der Waals surface area contributed by atoms with Gasteiger partial charge in [0.05, 0.1) is 11.6 Å². The van der Waals surface area contributed by atoms with Crippen molar-refractivity contribution >= 4 is 29.4 Å². The number of likely N-dealkylation sites (tertiary alicyclic amines) is 1. The first-order valence-electron chi connectivity index (χ1n) is 11.4. The molecule has 36 heavy (non-hydrogen) atoms. The van der Waals surface area contributed by atoms with Gasteiger partial charge in [-0.05, 0) is 48.6 Å². The zero-order valence-corrected chi connectivity index (χ0v) is 20.3. The summed E-state index contributed by atoms with van der Waals surface area (Å²) in [4.78, 5) is 38.4. The molecule has 1 saturated heterocycles. The number of carboxylic acids is 1. The number of benzene rings is 2. The molecule has 2 atom stereocenters. The Bertz CT molecular complexity index is 1270. The Kier molecular flexibility index (Phi) is 7.35. The van der Waals surface area contributed by atoms with Crippen molar-refractivity contribution in [1.29, 1.82) is 0 Å². The van der Waals surface area contributed by atoms with Gasteiger partial charge in [-0.15, -0.1) is 0 Å². The zero-order chi connectivity index (χ0) is 25.9. The van der Waals surface area contributed by atoms with Crippen molar-refractivity contribution in [3.05, 3.63) is 70.8 Å². The van der Waals surface area contributed by atoms with Crippen molar-refractivity contribution in [2.75, 3.05) is 13.1 Å². The first-order valence-corrected chi connectivity index (χ1v) is 11.7. The Morgan fingerprint density at radius 1 is 1.25 bits per heavy atom. The van der Waals surface area contributed by atoms with Gasteiger partial charge in [0.1, 0.15) is 5.82 Å². The molecule has 2 heterocycles. The minimum Gasteiger partial charge on any atom is -0.481 e. The number of carbonyl (C=O) groups excluding carboxylic acids is 2. The maximum absolute atomic E-state index is 14.3. The lowest BCUT2D eigenvalue weighted by Gasteiger charge is -2.30. The third-order valence-corrected chi connectivity index (χ3v) is 6.78. The lowest BCUT2D eigenvalue weighted by molar-refractivity contribution is -0.149. The van der Waals surface area contributed by atoms with Crippen LogP contribution in [0.25, 0.3) is 11.1 Å². The average molecular weight is 514 g/mol. The quantitative estimate of drug-likeness (QED) is 0.424. The fraction of sp³-hybridized carbons (Fsp3) is 0.320. The second-order valence-corrected chi connectivity index (χ2v) is 9.47. The van der Waals surface area contributed by atoms with Crippen molar-refractivity contribution in [3.63, 3.8) is 0 Å². The number of halogens is 2. The summed E-state index contributed by atoms with van der Waals surface area (Å²) in [6.07, 6.45) is 1.99. The van der Waals surface area contributed by atoms with Crippen LogP contribution in [0.4, 0.5) is 4.39 Å². The second-order valence-electron chi connectivity index (χ2n) is 9.03. The van der Waals surface area contributed by atoms with Gasteiger partial charge in [0.15, 0.2) is 5.69 Å². The normalized spacial score (nSPS) is 18.1. The molecule has 2 unspecified atom stereocenters. The lowest BCUT2D eigenvalue weighted by Crippen LogP contribution is -2.45. The summed E-state index contributed by atoms with van der Waals surface area (Å²) in [6.45, 7) is 1.82. The number of carboxylic acid groups (broad SMARTS) is 1. The van der Waals surface area contributed by atoms with Crippen molar-refractivity contribution in [2.24, 2.45) is 5.41 Å². The number of amides is 2. The van der Waals surface area contributed by atoms with Crippen LogP contribution in [-0.4, -0.2) is 62.3 Å². The van der Waals surface area contributed by atoms with Crippen LogP contribution in [0.2, 0.25) is 5.02 Å². The van der Waals surface area contributed by atoms with Gasteiger partial charge in [0.25, 0.3) is 5.91 Å². The van der Waals surface area contributed by atoms with Crippen molar-refractivity contribution in [1.82, 2.24) is 25.6 Å². The van der Waals surface area contributed by atoms with E-state index in [9.17, 15) is 23.9 Å². The smallest absolute Gasteiger partial charge is 0.311 e. The number of nitrogens with zero attached hydrogens (tertiary/aromatic N) is 3. The number of carbonyl (C=O) groups is 3. The lowest BCUT2D eigenvalue weighted by atomic mass is 9.79. The van der Waals surface area contributed by atoms with Crippen LogP contribution >= 0.6 is 11.6 Å². The minimum atomic E-state index is -1.20. The van der Waals surface area contributed by atoms with Gasteiger partial charge in [0, 0.05) is 36.6 Å². The summed E-state index contributed by atoms with van der Waals surface area (Å²) in [7, 11) is 0. The van der Waals surface area contributed by atoms with Crippen LogP contribution in [0.3, 0.4) is 0 Å². The summed E-state index contributed by atoms with van der Waals surface area (Å²) >= 11 is 6.02. The molecule has 3 aromatic rings. The first kappa shape index (κ1) is 25.3. The molecule has 0 saturated carbocycles. The highest BCUT2D eigenvalue weighted by molar-refractivity contribution is 6.30. The van der Waals surface area contributed by atoms with E-state index in [1.165, 1.54) is 30.2 Å². The van der Waals surface area contributed by atoms with E-state index in [0.717, 1.165) is 5.56 Å². The van der Waals surface area contributed by atoms with Gasteiger partial charge >= 0.3 is 5.97 Å². The number of aromatic amines is 1. The van der Waals surface area contributed by atoms with E-state index in [1.54, 1.807) is 30.3 Å². The van der Waals surface area contributed by atoms with Crippen LogP contribution in [0.5, 0.6) is 0 Å². The highest BCUT2D eigenvalue weighted by Crippen LogP contribution is 2.36. The number of hydrogen-bond acceptors (Lipinski definition) is 5. The van der Waals surface area contributed by atoms with E-state index >= 15 is 0 Å². The molecule has 0 bridgehead atoms. The standard InChI is InChI=1S/C25H25ClFN5O4/c1-15(33)32-9-8-25(14-32,24(35)36)12-19(29-23(34)22-13-28-31-30-22)10-16-2-4-17(5-3-16)20-11-18(26)6-7-21(20)27/h2-7,11,13,19H,8-10,12,14H2,1H3,(H,29,34)(H,35,36)(H,28,30,31). The van der Waals surface area contributed by atoms with Crippen molar-refractivity contribution < 1.29 is 23.9 Å². The molecule has 1 aliphatic heterocycles. The second kappa shape index (κ2) is 10.4. The minimum absolute atomic E-state index is 0.0704. The summed E-state index contributed by atoms with van der Waals surface area (Å²) in [6, 6.07) is 10.9. The Balaban J connectivity index is 1.58. The predicted octanol–water partition coefficient (Wildman–Crippen LogP) is 3.32. The third-order valence-electron chi connectivity index (χ3n) is 6.55. The van der Waals surface area contributed by atoms with Gasteiger partial charge < -0.3 is 15.3 Å². The first-order chi connectivity index (χ1) is 17.2. The van der Waals surface area contributed by atoms with Gasteiger partial charge in [-0.25, -0.2) is 4.39 Å². The highest BCUT2D eigenvalue weighted by atomic mass is 35.5. The van der Waals surface area contributed by atoms with Crippen LogP contribution in [0.15, 0.2) is 48.7 Å². The van der Waals surface area contributed by atoms with Gasteiger partial charge in [-0.3, -0.25) is 14.4 Å². The number of hydrogen-bond donors (Lipinski definition) is 3. The molecule has 0 aliphatic carbocycles. The van der Waals surface area contributed by atoms with Crippen LogP contribution in [0.1, 0.15) is 35.8 Å². The molecule has 3 N–H and O–H groups in total. The summed E-state index contributed by atoms with van der Waals surface area (Å²) < 4.78 is 14.3. The van der Waals surface area contributed by atoms with E-state index < -0.39 is 29.2 Å². The number of nitrogens with one attached hydrogen (secondary N) is 2. The fourth-order valence-corrected chi connectivity index (χ4v) is 4.78. The zero-order valence-electron chi connectivity index (χ0n) is 19.5. The molecule has 0 radical (unpaired) electrons. The Labute approximate surface area is 211 Å². The molecule has 188 valence electrons. The highest BCUT2D eigenvalue weighted by Gasteiger charge is 2.47. The van der Waals surface area contributed by atoms with Gasteiger partial charge in [0.2, 0.25) is 5.91 Å². The monoisotopic (exact) mass is 513 g/mol. The number of aromatic nitrogens is 3. The van der Waals surface area contributed by atoms with Gasteiger partial charge in [-0.2, -0.15) is 15.4 Å². The molecule has 4 rings (SSSR count). The molecule has 9 nitrogen and oxygen atoms in total.